The quantitative estimate of drug-likeness (QED) is 0.426. The molecule has 4 aromatic rings. The van der Waals surface area contributed by atoms with E-state index in [9.17, 15) is 14.9 Å². The van der Waals surface area contributed by atoms with Gasteiger partial charge in [0.05, 0.1) is 24.8 Å². The molecule has 34 heavy (non-hydrogen) atoms. The molecule has 0 saturated carbocycles. The van der Waals surface area contributed by atoms with Crippen LogP contribution in [-0.4, -0.2) is 22.8 Å². The minimum atomic E-state index is -0.493. The first kappa shape index (κ1) is 22.7. The third-order valence-electron chi connectivity index (χ3n) is 5.31. The molecule has 8 heteroatoms. The third-order valence-corrected chi connectivity index (χ3v) is 5.31. The van der Waals surface area contributed by atoms with Gasteiger partial charge in [-0.05, 0) is 55.1 Å². The standard InChI is InChI=1S/C26H23N3O5/c1-3-32-24-15-23(17(2)20-14-18(16-27)8-9-19(20)24)34-22-7-5-4-6-21(22)33-13-12-29-11-10-25(30)28-26(29)31/h4-11,14-15H,3,12-13H2,1-2H3,(H,28,30,31). The number of nitriles is 1. The zero-order valence-corrected chi connectivity index (χ0v) is 18.8. The van der Waals surface area contributed by atoms with Crippen molar-refractivity contribution in [3.8, 4) is 29.1 Å². The smallest absolute Gasteiger partial charge is 0.328 e. The van der Waals surface area contributed by atoms with Crippen LogP contribution >= 0.6 is 0 Å². The number of nitrogens with zero attached hydrogens (tertiary/aromatic N) is 2. The molecule has 0 aliphatic heterocycles. The second-order valence-corrected chi connectivity index (χ2v) is 7.50. The highest BCUT2D eigenvalue weighted by Gasteiger charge is 2.15. The molecule has 3 aromatic carbocycles. The highest BCUT2D eigenvalue weighted by Crippen LogP contribution is 2.40. The van der Waals surface area contributed by atoms with Crippen molar-refractivity contribution in [2.45, 2.75) is 20.4 Å². The van der Waals surface area contributed by atoms with Crippen LogP contribution in [0.1, 0.15) is 18.1 Å². The molecule has 172 valence electrons. The molecule has 0 fully saturated rings. The van der Waals surface area contributed by atoms with Gasteiger partial charge in [0, 0.05) is 23.7 Å². The van der Waals surface area contributed by atoms with E-state index in [1.807, 2.05) is 44.2 Å². The number of rotatable bonds is 8. The van der Waals surface area contributed by atoms with E-state index in [1.54, 1.807) is 18.2 Å². The van der Waals surface area contributed by atoms with Crippen LogP contribution in [0.3, 0.4) is 0 Å². The molecule has 0 bridgehead atoms. The Bertz CT molecular complexity index is 1500. The summed E-state index contributed by atoms with van der Waals surface area (Å²) in [7, 11) is 0. The Balaban J connectivity index is 1.62. The number of ether oxygens (including phenoxy) is 3. The van der Waals surface area contributed by atoms with Crippen LogP contribution in [-0.2, 0) is 6.54 Å². The van der Waals surface area contributed by atoms with Gasteiger partial charge in [-0.1, -0.05) is 12.1 Å². The fraction of sp³-hybridized carbons (Fsp3) is 0.192. The topological polar surface area (TPSA) is 106 Å². The lowest BCUT2D eigenvalue weighted by Crippen LogP contribution is -2.30. The fourth-order valence-corrected chi connectivity index (χ4v) is 3.60. The number of benzene rings is 3. The highest BCUT2D eigenvalue weighted by molar-refractivity contribution is 5.94. The van der Waals surface area contributed by atoms with E-state index in [1.165, 1.54) is 16.8 Å². The van der Waals surface area contributed by atoms with E-state index in [0.717, 1.165) is 16.3 Å². The summed E-state index contributed by atoms with van der Waals surface area (Å²) in [5, 5.41) is 11.1. The number of hydrogen-bond donors (Lipinski definition) is 1. The van der Waals surface area contributed by atoms with Gasteiger partial charge in [-0.15, -0.1) is 0 Å². The van der Waals surface area contributed by atoms with Gasteiger partial charge >= 0.3 is 5.69 Å². The molecule has 0 aliphatic rings. The van der Waals surface area contributed by atoms with Crippen molar-refractivity contribution in [3.05, 3.63) is 92.8 Å². The van der Waals surface area contributed by atoms with Gasteiger partial charge in [0.25, 0.3) is 5.56 Å². The predicted octanol–water partition coefficient (Wildman–Crippen LogP) is 4.14. The first-order chi connectivity index (χ1) is 16.5. The molecule has 4 rings (SSSR count). The normalized spacial score (nSPS) is 10.6. The molecule has 1 heterocycles. The zero-order valence-electron chi connectivity index (χ0n) is 18.8. The second-order valence-electron chi connectivity index (χ2n) is 7.50. The van der Waals surface area contributed by atoms with Gasteiger partial charge in [-0.3, -0.25) is 14.3 Å². The fourth-order valence-electron chi connectivity index (χ4n) is 3.60. The van der Waals surface area contributed by atoms with Gasteiger partial charge in [0.15, 0.2) is 11.5 Å². The average molecular weight is 457 g/mol. The summed E-state index contributed by atoms with van der Waals surface area (Å²) in [6, 6.07) is 18.0. The van der Waals surface area contributed by atoms with Crippen molar-refractivity contribution in [1.29, 1.82) is 5.26 Å². The molecule has 0 radical (unpaired) electrons. The molecule has 1 N–H and O–H groups in total. The summed E-state index contributed by atoms with van der Waals surface area (Å²) >= 11 is 0. The molecule has 8 nitrogen and oxygen atoms in total. The lowest BCUT2D eigenvalue weighted by molar-refractivity contribution is 0.282. The number of hydrogen-bond acceptors (Lipinski definition) is 6. The molecule has 0 atom stereocenters. The van der Waals surface area contributed by atoms with E-state index in [2.05, 4.69) is 11.1 Å². The molecule has 1 aromatic heterocycles. The van der Waals surface area contributed by atoms with Crippen LogP contribution in [0.5, 0.6) is 23.0 Å². The molecule has 0 unspecified atom stereocenters. The Labute approximate surface area is 195 Å². The molecule has 0 spiro atoms. The van der Waals surface area contributed by atoms with E-state index in [4.69, 9.17) is 14.2 Å². The molecule has 0 saturated heterocycles. The lowest BCUT2D eigenvalue weighted by atomic mass is 10.0. The van der Waals surface area contributed by atoms with E-state index >= 15 is 0 Å². The van der Waals surface area contributed by atoms with Gasteiger partial charge in [0.1, 0.15) is 18.1 Å². The molecule has 0 aliphatic carbocycles. The third kappa shape index (κ3) is 4.79. The number of aromatic nitrogens is 2. The van der Waals surface area contributed by atoms with Crippen molar-refractivity contribution < 1.29 is 14.2 Å². The average Bonchev–Trinajstić information content (AvgIpc) is 2.84. The summed E-state index contributed by atoms with van der Waals surface area (Å²) in [5.74, 6) is 2.25. The number of fused-ring (bicyclic) bond motifs is 1. The van der Waals surface area contributed by atoms with Crippen LogP contribution < -0.4 is 25.5 Å². The van der Waals surface area contributed by atoms with Crippen LogP contribution in [0.4, 0.5) is 0 Å². The number of H-pyrrole nitrogens is 1. The predicted molar refractivity (Wildman–Crippen MR) is 128 cm³/mol. The first-order valence-corrected chi connectivity index (χ1v) is 10.8. The Morgan fingerprint density at radius 1 is 0.941 bits per heavy atom. The number of aryl methyl sites for hydroxylation is 1. The van der Waals surface area contributed by atoms with E-state index < -0.39 is 11.2 Å². The molecular weight excluding hydrogens is 434 g/mol. The molecular formula is C26H23N3O5. The SMILES string of the molecule is CCOc1cc(Oc2ccccc2OCCn2ccc(=O)[nH]c2=O)c(C)c2cc(C#N)ccc12. The van der Waals surface area contributed by atoms with Crippen molar-refractivity contribution in [2.75, 3.05) is 13.2 Å². The Hall–Kier alpha value is -4.51. The highest BCUT2D eigenvalue weighted by atomic mass is 16.5. The van der Waals surface area contributed by atoms with Gasteiger partial charge in [0.2, 0.25) is 0 Å². The zero-order chi connectivity index (χ0) is 24.1. The summed E-state index contributed by atoms with van der Waals surface area (Å²) in [6.07, 6.45) is 1.43. The number of aromatic amines is 1. The maximum Gasteiger partial charge on any atom is 0.328 e. The van der Waals surface area contributed by atoms with Gasteiger partial charge < -0.3 is 14.2 Å². The lowest BCUT2D eigenvalue weighted by Gasteiger charge is -2.17. The largest absolute Gasteiger partial charge is 0.493 e. The maximum absolute atomic E-state index is 11.9. The Morgan fingerprint density at radius 3 is 2.47 bits per heavy atom. The van der Waals surface area contributed by atoms with Crippen molar-refractivity contribution in [2.24, 2.45) is 0 Å². The van der Waals surface area contributed by atoms with Crippen LogP contribution in [0.15, 0.2) is 70.4 Å². The van der Waals surface area contributed by atoms with Crippen LogP contribution in [0.25, 0.3) is 10.8 Å². The Kier molecular flexibility index (Phi) is 6.64. The number of para-hydroxylation sites is 2. The second kappa shape index (κ2) is 9.96. The monoisotopic (exact) mass is 457 g/mol. The minimum Gasteiger partial charge on any atom is -0.493 e. The van der Waals surface area contributed by atoms with Crippen LogP contribution in [0, 0.1) is 18.3 Å². The summed E-state index contributed by atoms with van der Waals surface area (Å²) < 4.78 is 19.3. The summed E-state index contributed by atoms with van der Waals surface area (Å²) in [6.45, 7) is 4.78. The van der Waals surface area contributed by atoms with Crippen molar-refractivity contribution in [1.82, 2.24) is 9.55 Å². The van der Waals surface area contributed by atoms with Gasteiger partial charge in [-0.2, -0.15) is 5.26 Å². The van der Waals surface area contributed by atoms with E-state index in [0.29, 0.717) is 35.2 Å². The Morgan fingerprint density at radius 2 is 1.74 bits per heavy atom. The maximum atomic E-state index is 11.9. The first-order valence-electron chi connectivity index (χ1n) is 10.8. The van der Waals surface area contributed by atoms with Crippen LogP contribution in [0.2, 0.25) is 0 Å². The minimum absolute atomic E-state index is 0.193. The summed E-state index contributed by atoms with van der Waals surface area (Å²) in [5.41, 5.74) is 0.481. The van der Waals surface area contributed by atoms with Gasteiger partial charge in [-0.25, -0.2) is 4.79 Å². The van der Waals surface area contributed by atoms with Crippen molar-refractivity contribution >= 4 is 10.8 Å². The van der Waals surface area contributed by atoms with Crippen molar-refractivity contribution in [3.63, 3.8) is 0 Å². The summed E-state index contributed by atoms with van der Waals surface area (Å²) in [4.78, 5) is 25.3. The van der Waals surface area contributed by atoms with E-state index in [-0.39, 0.29) is 13.2 Å². The number of nitrogens with one attached hydrogen (secondary N) is 1. The molecule has 0 amide bonds.